The highest BCUT2D eigenvalue weighted by atomic mass is 19.4. The first-order chi connectivity index (χ1) is 13.2. The lowest BCUT2D eigenvalue weighted by molar-refractivity contribution is -0.192. The average molecular weight is 406 g/mol. The zero-order valence-corrected chi connectivity index (χ0v) is 15.7. The van der Waals surface area contributed by atoms with Crippen LogP contribution in [0, 0.1) is 0 Å². The van der Waals surface area contributed by atoms with E-state index >= 15 is 0 Å². The minimum Gasteiger partial charge on any atom is -0.475 e. The number of furan rings is 1. The van der Waals surface area contributed by atoms with Gasteiger partial charge in [0.15, 0.2) is 0 Å². The first-order valence-corrected chi connectivity index (χ1v) is 9.05. The van der Waals surface area contributed by atoms with E-state index in [0.29, 0.717) is 11.1 Å². The fourth-order valence-electron chi connectivity index (χ4n) is 3.81. The van der Waals surface area contributed by atoms with Gasteiger partial charge in [0.05, 0.1) is 18.4 Å². The summed E-state index contributed by atoms with van der Waals surface area (Å²) in [6.07, 6.45) is 2.67. The van der Waals surface area contributed by atoms with Gasteiger partial charge in [-0.2, -0.15) is 13.2 Å². The molecular formula is C18H25F3N2O5. The Hall–Kier alpha value is -2.07. The number of hydrogen-bond donors (Lipinski definition) is 1. The molecule has 2 aliphatic heterocycles. The molecule has 28 heavy (non-hydrogen) atoms. The van der Waals surface area contributed by atoms with E-state index in [0.717, 1.165) is 39.1 Å². The van der Waals surface area contributed by atoms with Crippen LogP contribution in [0.4, 0.5) is 13.2 Å². The summed E-state index contributed by atoms with van der Waals surface area (Å²) in [5.41, 5.74) is 0.958. The number of rotatable bonds is 4. The van der Waals surface area contributed by atoms with Crippen LogP contribution in [0.25, 0.3) is 0 Å². The molecule has 158 valence electrons. The Morgan fingerprint density at radius 1 is 1.25 bits per heavy atom. The number of piperidine rings is 1. The van der Waals surface area contributed by atoms with E-state index in [1.165, 1.54) is 25.6 Å². The summed E-state index contributed by atoms with van der Waals surface area (Å²) in [7, 11) is 1.76. The van der Waals surface area contributed by atoms with Gasteiger partial charge in [-0.3, -0.25) is 9.69 Å². The standard InChI is InChI=1S/C16H24N2O3.C2HF3O2/c1-20-12-10-18-7-2-4-16(18)5-8-17(9-6-16)15(19)14-3-11-21-13-14;3-2(4,5)1(6)7/h3,11,13H,2,4-10,12H2,1H3;(H,6,7). The van der Waals surface area contributed by atoms with Crippen LogP contribution in [0.3, 0.4) is 0 Å². The molecule has 0 radical (unpaired) electrons. The number of carboxylic acids is 1. The highest BCUT2D eigenvalue weighted by Gasteiger charge is 2.43. The topological polar surface area (TPSA) is 83.2 Å². The zero-order chi connectivity index (χ0) is 20.8. The molecule has 3 rings (SSSR count). The Labute approximate surface area is 161 Å². The van der Waals surface area contributed by atoms with Gasteiger partial charge in [-0.15, -0.1) is 0 Å². The predicted molar refractivity (Wildman–Crippen MR) is 93.0 cm³/mol. The van der Waals surface area contributed by atoms with Crippen molar-refractivity contribution in [3.63, 3.8) is 0 Å². The molecule has 0 aliphatic carbocycles. The molecule has 1 aromatic heterocycles. The Balaban J connectivity index is 0.000000345. The molecule has 0 atom stereocenters. The number of carbonyl (C=O) groups excluding carboxylic acids is 1. The SMILES string of the molecule is COCCN1CCCC12CCN(C(=O)c1ccoc1)CC2.O=C(O)C(F)(F)F. The maximum Gasteiger partial charge on any atom is 0.490 e. The summed E-state index contributed by atoms with van der Waals surface area (Å²) in [4.78, 5) is 25.8. The third-order valence-electron chi connectivity index (χ3n) is 5.30. The molecular weight excluding hydrogens is 381 g/mol. The zero-order valence-electron chi connectivity index (χ0n) is 15.7. The lowest BCUT2D eigenvalue weighted by atomic mass is 9.84. The Morgan fingerprint density at radius 3 is 2.39 bits per heavy atom. The van der Waals surface area contributed by atoms with E-state index in [9.17, 15) is 18.0 Å². The van der Waals surface area contributed by atoms with Crippen LogP contribution in [0.15, 0.2) is 23.0 Å². The molecule has 10 heteroatoms. The number of hydrogen-bond acceptors (Lipinski definition) is 5. The monoisotopic (exact) mass is 406 g/mol. The van der Waals surface area contributed by atoms with Crippen molar-refractivity contribution in [1.82, 2.24) is 9.80 Å². The van der Waals surface area contributed by atoms with E-state index in [4.69, 9.17) is 19.1 Å². The van der Waals surface area contributed by atoms with Crippen LogP contribution < -0.4 is 0 Å². The number of halogens is 3. The third kappa shape index (κ3) is 5.48. The van der Waals surface area contributed by atoms with E-state index in [1.54, 1.807) is 19.4 Å². The van der Waals surface area contributed by atoms with Crippen LogP contribution in [-0.2, 0) is 9.53 Å². The van der Waals surface area contributed by atoms with Crippen molar-refractivity contribution in [2.75, 3.05) is 39.9 Å². The molecule has 2 saturated heterocycles. The highest BCUT2D eigenvalue weighted by molar-refractivity contribution is 5.93. The first-order valence-electron chi connectivity index (χ1n) is 9.05. The summed E-state index contributed by atoms with van der Waals surface area (Å²) in [5, 5.41) is 7.12. The summed E-state index contributed by atoms with van der Waals surface area (Å²) in [6.45, 7) is 4.64. The highest BCUT2D eigenvalue weighted by Crippen LogP contribution is 2.38. The number of amides is 1. The molecule has 1 N–H and O–H groups in total. The lowest BCUT2D eigenvalue weighted by Crippen LogP contribution is -2.53. The van der Waals surface area contributed by atoms with E-state index in [2.05, 4.69) is 4.90 Å². The Morgan fingerprint density at radius 2 is 1.89 bits per heavy atom. The van der Waals surface area contributed by atoms with Crippen molar-refractivity contribution in [1.29, 1.82) is 0 Å². The van der Waals surface area contributed by atoms with Gasteiger partial charge in [0.2, 0.25) is 0 Å². The lowest BCUT2D eigenvalue weighted by Gasteiger charge is -2.45. The fourth-order valence-corrected chi connectivity index (χ4v) is 3.81. The second-order valence-corrected chi connectivity index (χ2v) is 6.91. The number of alkyl halides is 3. The molecule has 3 heterocycles. The van der Waals surface area contributed by atoms with Gasteiger partial charge in [0.25, 0.3) is 5.91 Å². The molecule has 0 saturated carbocycles. The second kappa shape index (κ2) is 9.42. The molecule has 2 fully saturated rings. The molecule has 1 spiro atoms. The van der Waals surface area contributed by atoms with Crippen LogP contribution in [-0.4, -0.2) is 78.4 Å². The number of aliphatic carboxylic acids is 1. The fraction of sp³-hybridized carbons (Fsp3) is 0.667. The smallest absolute Gasteiger partial charge is 0.475 e. The van der Waals surface area contributed by atoms with Gasteiger partial charge in [-0.25, -0.2) is 4.79 Å². The number of carbonyl (C=O) groups is 2. The van der Waals surface area contributed by atoms with Crippen LogP contribution >= 0.6 is 0 Å². The molecule has 7 nitrogen and oxygen atoms in total. The second-order valence-electron chi connectivity index (χ2n) is 6.91. The number of methoxy groups -OCH3 is 1. The third-order valence-corrected chi connectivity index (χ3v) is 5.30. The quantitative estimate of drug-likeness (QED) is 0.828. The van der Waals surface area contributed by atoms with Gasteiger partial charge in [0, 0.05) is 32.3 Å². The number of ether oxygens (including phenoxy) is 1. The maximum absolute atomic E-state index is 12.4. The van der Waals surface area contributed by atoms with Crippen molar-refractivity contribution in [2.24, 2.45) is 0 Å². The predicted octanol–water partition coefficient (Wildman–Crippen LogP) is 2.63. The van der Waals surface area contributed by atoms with Gasteiger partial charge in [-0.05, 0) is 38.3 Å². The minimum absolute atomic E-state index is 0.0973. The van der Waals surface area contributed by atoms with Crippen LogP contribution in [0.2, 0.25) is 0 Å². The normalized spacial score (nSPS) is 19.4. The summed E-state index contributed by atoms with van der Waals surface area (Å²) in [6, 6.07) is 1.74. The van der Waals surface area contributed by atoms with Crippen molar-refractivity contribution in [3.05, 3.63) is 24.2 Å². The van der Waals surface area contributed by atoms with E-state index in [-0.39, 0.29) is 5.91 Å². The average Bonchev–Trinajstić information content (AvgIpc) is 3.30. The number of likely N-dealkylation sites (tertiary alicyclic amines) is 2. The summed E-state index contributed by atoms with van der Waals surface area (Å²) >= 11 is 0. The van der Waals surface area contributed by atoms with Gasteiger partial charge in [0.1, 0.15) is 6.26 Å². The molecule has 0 aromatic carbocycles. The van der Waals surface area contributed by atoms with Crippen molar-refractivity contribution in [3.8, 4) is 0 Å². The summed E-state index contributed by atoms with van der Waals surface area (Å²) in [5.74, 6) is -2.66. The van der Waals surface area contributed by atoms with Gasteiger partial charge in [-0.1, -0.05) is 0 Å². The van der Waals surface area contributed by atoms with E-state index in [1.807, 2.05) is 4.90 Å². The number of carboxylic acid groups (broad SMARTS) is 1. The van der Waals surface area contributed by atoms with Gasteiger partial charge >= 0.3 is 12.1 Å². The van der Waals surface area contributed by atoms with E-state index < -0.39 is 12.1 Å². The van der Waals surface area contributed by atoms with Crippen LogP contribution in [0.5, 0.6) is 0 Å². The Kier molecular flexibility index (Phi) is 7.48. The summed E-state index contributed by atoms with van der Waals surface area (Å²) < 4.78 is 42.0. The first kappa shape index (κ1) is 22.2. The Bertz CT molecular complexity index is 640. The minimum atomic E-state index is -5.08. The molecule has 0 unspecified atom stereocenters. The van der Waals surface area contributed by atoms with Crippen molar-refractivity contribution in [2.45, 2.75) is 37.4 Å². The maximum atomic E-state index is 12.4. The largest absolute Gasteiger partial charge is 0.490 e. The van der Waals surface area contributed by atoms with Gasteiger partial charge < -0.3 is 19.2 Å². The molecule has 1 amide bonds. The van der Waals surface area contributed by atoms with Crippen molar-refractivity contribution < 1.29 is 37.0 Å². The molecule has 1 aromatic rings. The molecule has 2 aliphatic rings. The number of nitrogens with zero attached hydrogens (tertiary/aromatic N) is 2. The van der Waals surface area contributed by atoms with Crippen molar-refractivity contribution >= 4 is 11.9 Å². The van der Waals surface area contributed by atoms with Crippen LogP contribution in [0.1, 0.15) is 36.0 Å². The molecule has 0 bridgehead atoms.